The Labute approximate surface area is 148 Å². The van der Waals surface area contributed by atoms with Crippen molar-refractivity contribution in [1.29, 1.82) is 0 Å². The molecule has 124 valence electrons. The van der Waals surface area contributed by atoms with Crippen molar-refractivity contribution < 1.29 is 4.79 Å². The van der Waals surface area contributed by atoms with E-state index in [9.17, 15) is 4.79 Å². The molecule has 2 N–H and O–H groups in total. The van der Waals surface area contributed by atoms with Crippen molar-refractivity contribution in [3.05, 3.63) is 36.5 Å². The van der Waals surface area contributed by atoms with Gasteiger partial charge in [0.1, 0.15) is 0 Å². The summed E-state index contributed by atoms with van der Waals surface area (Å²) < 4.78 is 0. The van der Waals surface area contributed by atoms with E-state index >= 15 is 0 Å². The summed E-state index contributed by atoms with van der Waals surface area (Å²) in [6.45, 7) is 2.09. The smallest absolute Gasteiger partial charge is 0.228 e. The average Bonchev–Trinajstić information content (AvgIpc) is 3.21. The number of nitrogens with zero attached hydrogens (tertiary/aromatic N) is 1. The van der Waals surface area contributed by atoms with Gasteiger partial charge in [0.15, 0.2) is 0 Å². The zero-order valence-corrected chi connectivity index (χ0v) is 14.4. The van der Waals surface area contributed by atoms with Gasteiger partial charge in [-0.25, -0.2) is 0 Å². The van der Waals surface area contributed by atoms with Gasteiger partial charge in [0, 0.05) is 11.3 Å². The Hall–Kier alpha value is -1.36. The lowest BCUT2D eigenvalue weighted by Gasteiger charge is -2.23. The third-order valence-electron chi connectivity index (χ3n) is 4.96. The molecule has 1 atom stereocenters. The highest BCUT2D eigenvalue weighted by molar-refractivity contribution is 5.96. The van der Waals surface area contributed by atoms with Gasteiger partial charge in [-0.1, -0.05) is 18.2 Å². The van der Waals surface area contributed by atoms with Crippen LogP contribution in [0.1, 0.15) is 19.3 Å². The van der Waals surface area contributed by atoms with Crippen LogP contribution in [0.3, 0.4) is 0 Å². The van der Waals surface area contributed by atoms with Gasteiger partial charge in [0.25, 0.3) is 0 Å². The van der Waals surface area contributed by atoms with E-state index in [1.807, 2.05) is 30.3 Å². The van der Waals surface area contributed by atoms with E-state index in [-0.39, 0.29) is 42.1 Å². The summed E-state index contributed by atoms with van der Waals surface area (Å²) in [5.74, 6) is 0.347. The number of rotatable bonds is 2. The average molecular weight is 354 g/mol. The minimum Gasteiger partial charge on any atom is -0.324 e. The fraction of sp³-hybridized carbons (Fsp3) is 0.412. The number of pyridine rings is 1. The Morgan fingerprint density at radius 2 is 1.96 bits per heavy atom. The summed E-state index contributed by atoms with van der Waals surface area (Å²) in [6.07, 6.45) is 5.04. The van der Waals surface area contributed by atoms with Crippen molar-refractivity contribution in [3.63, 3.8) is 0 Å². The van der Waals surface area contributed by atoms with Gasteiger partial charge in [0.2, 0.25) is 5.91 Å². The molecule has 0 bridgehead atoms. The number of amides is 1. The van der Waals surface area contributed by atoms with E-state index in [1.165, 1.54) is 0 Å². The molecule has 1 unspecified atom stereocenters. The van der Waals surface area contributed by atoms with E-state index in [4.69, 9.17) is 0 Å². The number of carbonyl (C=O) groups excluding carboxylic acids is 1. The first kappa shape index (κ1) is 18.0. The van der Waals surface area contributed by atoms with Crippen LogP contribution < -0.4 is 10.6 Å². The summed E-state index contributed by atoms with van der Waals surface area (Å²) in [5, 5.41) is 7.47. The van der Waals surface area contributed by atoms with Gasteiger partial charge in [-0.2, -0.15) is 0 Å². The van der Waals surface area contributed by atoms with Crippen LogP contribution >= 0.6 is 24.8 Å². The highest BCUT2D eigenvalue weighted by Crippen LogP contribution is 2.58. The summed E-state index contributed by atoms with van der Waals surface area (Å²) in [4.78, 5) is 16.8. The number of carbonyl (C=O) groups is 1. The summed E-state index contributed by atoms with van der Waals surface area (Å²) in [7, 11) is 0. The standard InChI is InChI=1S/C17H19N3O.2ClH/c21-16(14-10-17(14)5-7-18-8-6-17)20-13-9-12-3-1-2-4-15(12)19-11-13;;/h1-4,9,11,14,18H,5-8,10H2,(H,20,21);2*1H. The molecule has 0 radical (unpaired) electrons. The molecule has 1 spiro atoms. The first-order chi connectivity index (χ1) is 10.3. The van der Waals surface area contributed by atoms with Crippen molar-refractivity contribution >= 4 is 47.3 Å². The third-order valence-corrected chi connectivity index (χ3v) is 4.96. The summed E-state index contributed by atoms with van der Waals surface area (Å²) in [6, 6.07) is 9.95. The molecule has 1 saturated carbocycles. The van der Waals surface area contributed by atoms with Gasteiger partial charge < -0.3 is 10.6 Å². The van der Waals surface area contributed by atoms with E-state index in [0.29, 0.717) is 0 Å². The van der Waals surface area contributed by atoms with Crippen molar-refractivity contribution in [2.24, 2.45) is 11.3 Å². The Kier molecular flexibility index (Phi) is 5.50. The maximum absolute atomic E-state index is 12.4. The molecular formula is C17H21Cl2N3O. The second-order valence-corrected chi connectivity index (χ2v) is 6.28. The molecule has 4 nitrogen and oxygen atoms in total. The molecule has 1 aromatic carbocycles. The van der Waals surface area contributed by atoms with Crippen LogP contribution in [0.2, 0.25) is 0 Å². The van der Waals surface area contributed by atoms with E-state index in [2.05, 4.69) is 15.6 Å². The Balaban J connectivity index is 0.000000960. The van der Waals surface area contributed by atoms with Gasteiger partial charge in [-0.15, -0.1) is 24.8 Å². The molecular weight excluding hydrogens is 333 g/mol. The van der Waals surface area contributed by atoms with E-state index in [0.717, 1.165) is 48.9 Å². The Morgan fingerprint density at radius 1 is 1.22 bits per heavy atom. The topological polar surface area (TPSA) is 54.0 Å². The molecule has 1 aliphatic carbocycles. The minimum atomic E-state index is 0. The fourth-order valence-corrected chi connectivity index (χ4v) is 3.56. The quantitative estimate of drug-likeness (QED) is 0.869. The molecule has 2 heterocycles. The second kappa shape index (κ2) is 7.04. The number of fused-ring (bicyclic) bond motifs is 1. The predicted octanol–water partition coefficient (Wildman–Crippen LogP) is 3.41. The van der Waals surface area contributed by atoms with Crippen molar-refractivity contribution in [2.75, 3.05) is 18.4 Å². The highest BCUT2D eigenvalue weighted by atomic mass is 35.5. The SMILES string of the molecule is Cl.Cl.O=C(Nc1cnc2ccccc2c1)C1CC12CCNCC2. The van der Waals surface area contributed by atoms with Crippen LogP contribution in [0.15, 0.2) is 36.5 Å². The first-order valence-corrected chi connectivity index (χ1v) is 7.63. The van der Waals surface area contributed by atoms with Crippen LogP contribution in [-0.2, 0) is 4.79 Å². The number of hydrogen-bond donors (Lipinski definition) is 2. The maximum Gasteiger partial charge on any atom is 0.228 e. The number of benzene rings is 1. The molecule has 6 heteroatoms. The normalized spacial score (nSPS) is 21.1. The molecule has 1 saturated heterocycles. The number of aromatic nitrogens is 1. The molecule has 2 aliphatic rings. The van der Waals surface area contributed by atoms with Gasteiger partial charge in [-0.05, 0) is 49.9 Å². The van der Waals surface area contributed by atoms with Crippen molar-refractivity contribution in [3.8, 4) is 0 Å². The van der Waals surface area contributed by atoms with Gasteiger partial charge in [0.05, 0.1) is 17.4 Å². The van der Waals surface area contributed by atoms with Crippen molar-refractivity contribution in [2.45, 2.75) is 19.3 Å². The number of piperidine rings is 1. The molecule has 4 rings (SSSR count). The predicted molar refractivity (Wildman–Crippen MR) is 97.5 cm³/mol. The first-order valence-electron chi connectivity index (χ1n) is 7.63. The zero-order chi connectivity index (χ0) is 14.3. The lowest BCUT2D eigenvalue weighted by atomic mass is 9.92. The molecule has 2 aromatic rings. The zero-order valence-electron chi connectivity index (χ0n) is 12.7. The summed E-state index contributed by atoms with van der Waals surface area (Å²) >= 11 is 0. The van der Waals surface area contributed by atoms with E-state index in [1.54, 1.807) is 6.20 Å². The van der Waals surface area contributed by atoms with Gasteiger partial charge in [-0.3, -0.25) is 9.78 Å². The highest BCUT2D eigenvalue weighted by Gasteiger charge is 2.57. The molecule has 1 aliphatic heterocycles. The van der Waals surface area contributed by atoms with Crippen molar-refractivity contribution in [1.82, 2.24) is 10.3 Å². The van der Waals surface area contributed by atoms with Gasteiger partial charge >= 0.3 is 0 Å². The molecule has 1 aromatic heterocycles. The largest absolute Gasteiger partial charge is 0.324 e. The Bertz CT molecular complexity index is 701. The molecule has 23 heavy (non-hydrogen) atoms. The third kappa shape index (κ3) is 3.44. The molecule has 2 fully saturated rings. The lowest BCUT2D eigenvalue weighted by molar-refractivity contribution is -0.118. The van der Waals surface area contributed by atoms with E-state index < -0.39 is 0 Å². The minimum absolute atomic E-state index is 0. The monoisotopic (exact) mass is 353 g/mol. The summed E-state index contributed by atoms with van der Waals surface area (Å²) in [5.41, 5.74) is 2.03. The van der Waals surface area contributed by atoms with Crippen LogP contribution in [-0.4, -0.2) is 24.0 Å². The second-order valence-electron chi connectivity index (χ2n) is 6.28. The van der Waals surface area contributed by atoms with Crippen LogP contribution in [0, 0.1) is 11.3 Å². The van der Waals surface area contributed by atoms with Crippen LogP contribution in [0.4, 0.5) is 5.69 Å². The Morgan fingerprint density at radius 3 is 2.74 bits per heavy atom. The van der Waals surface area contributed by atoms with Crippen LogP contribution in [0.25, 0.3) is 10.9 Å². The lowest BCUT2D eigenvalue weighted by Crippen LogP contribution is -2.31. The number of anilines is 1. The maximum atomic E-state index is 12.4. The number of halogens is 2. The number of hydrogen-bond acceptors (Lipinski definition) is 3. The fourth-order valence-electron chi connectivity index (χ4n) is 3.56. The number of nitrogens with one attached hydrogen (secondary N) is 2. The van der Waals surface area contributed by atoms with Crippen LogP contribution in [0.5, 0.6) is 0 Å². The molecule has 1 amide bonds. The number of para-hydroxylation sites is 1.